The maximum absolute atomic E-state index is 5.13. The third kappa shape index (κ3) is 2.83. The summed E-state index contributed by atoms with van der Waals surface area (Å²) in [7, 11) is 1.83. The first kappa shape index (κ1) is 12.5. The molecule has 1 aromatic heterocycles. The van der Waals surface area contributed by atoms with Crippen molar-refractivity contribution in [2.24, 2.45) is 12.9 Å². The van der Waals surface area contributed by atoms with Crippen LogP contribution in [0.5, 0.6) is 0 Å². The largest absolute Gasteiger partial charge is 0.303 e. The lowest BCUT2D eigenvalue weighted by Gasteiger charge is -2.30. The highest BCUT2D eigenvalue weighted by molar-refractivity contribution is 4.99. The molecule has 2 saturated heterocycles. The molecule has 0 bridgehead atoms. The number of hydrogen-bond donors (Lipinski definition) is 1. The predicted molar refractivity (Wildman–Crippen MR) is 63.9 cm³/mol. The summed E-state index contributed by atoms with van der Waals surface area (Å²) in [5.41, 5.74) is 0.342. The summed E-state index contributed by atoms with van der Waals surface area (Å²) < 4.78 is 1.64. The average Bonchev–Trinajstić information content (AvgIpc) is 2.95. The van der Waals surface area contributed by atoms with Crippen molar-refractivity contribution < 1.29 is 4.84 Å². The van der Waals surface area contributed by atoms with Crippen molar-refractivity contribution in [1.29, 1.82) is 0 Å². The molecule has 0 aliphatic carbocycles. The predicted octanol–water partition coefficient (Wildman–Crippen LogP) is 0.320. The highest BCUT2D eigenvalue weighted by Gasteiger charge is 2.44. The normalized spacial score (nSPS) is 22.0. The molecule has 1 aromatic rings. The van der Waals surface area contributed by atoms with E-state index in [2.05, 4.69) is 15.2 Å². The molecule has 6 nitrogen and oxygen atoms in total. The molecule has 96 valence electrons. The maximum Gasteiger partial charge on any atom is 0.0863 e. The van der Waals surface area contributed by atoms with Gasteiger partial charge in [-0.2, -0.15) is 0 Å². The molecule has 2 aliphatic rings. The van der Waals surface area contributed by atoms with E-state index in [-0.39, 0.29) is 0 Å². The van der Waals surface area contributed by atoms with Crippen LogP contribution < -0.4 is 5.90 Å². The molecule has 17 heavy (non-hydrogen) atoms. The minimum Gasteiger partial charge on any atom is -0.303 e. The van der Waals surface area contributed by atoms with Crippen molar-refractivity contribution in [1.82, 2.24) is 19.9 Å². The second-order valence-electron chi connectivity index (χ2n) is 4.81. The van der Waals surface area contributed by atoms with Crippen LogP contribution in [0.15, 0.2) is 12.4 Å². The summed E-state index contributed by atoms with van der Waals surface area (Å²) in [6.07, 6.45) is 8.63. The van der Waals surface area contributed by atoms with Gasteiger partial charge >= 0.3 is 0 Å². The van der Waals surface area contributed by atoms with Crippen molar-refractivity contribution in [3.63, 3.8) is 0 Å². The van der Waals surface area contributed by atoms with Crippen molar-refractivity contribution in [2.45, 2.75) is 31.2 Å². The van der Waals surface area contributed by atoms with Gasteiger partial charge in [0, 0.05) is 18.8 Å². The first-order chi connectivity index (χ1) is 8.27. The lowest BCUT2D eigenvalue weighted by Crippen LogP contribution is -2.43. The van der Waals surface area contributed by atoms with Gasteiger partial charge < -0.3 is 4.84 Å². The molecule has 0 radical (unpaired) electrons. The molecule has 2 N–H and O–H groups in total. The Kier molecular flexibility index (Phi) is 4.09. The van der Waals surface area contributed by atoms with Crippen molar-refractivity contribution in [3.8, 4) is 0 Å². The second kappa shape index (κ2) is 5.57. The molecule has 3 rings (SSSR count). The smallest absolute Gasteiger partial charge is 0.0863 e. The van der Waals surface area contributed by atoms with Gasteiger partial charge in [0.2, 0.25) is 0 Å². The second-order valence-corrected chi connectivity index (χ2v) is 4.81. The highest BCUT2D eigenvalue weighted by Crippen LogP contribution is 2.38. The Bertz CT molecular complexity index is 317. The molecule has 0 unspecified atom stereocenters. The Morgan fingerprint density at radius 2 is 2.06 bits per heavy atom. The van der Waals surface area contributed by atoms with Crippen LogP contribution >= 0.6 is 0 Å². The monoisotopic (exact) mass is 239 g/mol. The number of fused-ring (bicyclic) bond motifs is 1. The molecular formula is C11H21N5O. The Hall–Kier alpha value is -0.980. The van der Waals surface area contributed by atoms with E-state index in [0.717, 1.165) is 6.61 Å². The van der Waals surface area contributed by atoms with E-state index in [9.17, 15) is 0 Å². The first-order valence-corrected chi connectivity index (χ1v) is 6.14. The van der Waals surface area contributed by atoms with Crippen LogP contribution in [0.4, 0.5) is 0 Å². The van der Waals surface area contributed by atoms with Crippen LogP contribution in [0, 0.1) is 0 Å². The molecular weight excluding hydrogens is 218 g/mol. The number of aryl methyl sites for hydroxylation is 1. The summed E-state index contributed by atoms with van der Waals surface area (Å²) in [5.74, 6) is 5.13. The molecule has 0 saturated carbocycles. The van der Waals surface area contributed by atoms with Crippen LogP contribution in [-0.4, -0.2) is 45.1 Å². The van der Waals surface area contributed by atoms with Gasteiger partial charge in [0.25, 0.3) is 0 Å². The lowest BCUT2D eigenvalue weighted by atomic mass is 9.95. The highest BCUT2D eigenvalue weighted by atomic mass is 16.6. The zero-order chi connectivity index (χ0) is 12.1. The fourth-order valence-corrected chi connectivity index (χ4v) is 2.88. The summed E-state index contributed by atoms with van der Waals surface area (Å²) in [6, 6.07) is 0. The molecule has 0 spiro atoms. The zero-order valence-corrected chi connectivity index (χ0v) is 10.4. The lowest BCUT2D eigenvalue weighted by molar-refractivity contribution is 0.0352. The van der Waals surface area contributed by atoms with E-state index in [1.807, 2.05) is 7.05 Å². The van der Waals surface area contributed by atoms with Crippen LogP contribution in [-0.2, 0) is 11.9 Å². The Labute approximate surface area is 102 Å². The van der Waals surface area contributed by atoms with Crippen molar-refractivity contribution >= 4 is 0 Å². The van der Waals surface area contributed by atoms with Gasteiger partial charge in [-0.3, -0.25) is 9.58 Å². The van der Waals surface area contributed by atoms with Crippen molar-refractivity contribution in [2.75, 3.05) is 19.7 Å². The van der Waals surface area contributed by atoms with Gasteiger partial charge in [-0.1, -0.05) is 5.21 Å². The van der Waals surface area contributed by atoms with E-state index < -0.39 is 0 Å². The minimum atomic E-state index is 0.342. The topological polar surface area (TPSA) is 69.2 Å². The average molecular weight is 239 g/mol. The molecule has 3 heterocycles. The Morgan fingerprint density at radius 3 is 2.47 bits per heavy atom. The fraction of sp³-hybridized carbons (Fsp3) is 0.818. The standard InChI is InChI=1S/C8H16N2O.C3H5N3/c9-11-7-8-3-1-5-10(8)6-2-4-8;1-6-3-2-4-5-6/h1-7,9H2;2-3H,1H3. The summed E-state index contributed by atoms with van der Waals surface area (Å²) in [5, 5.41) is 7.12. The number of hydrogen-bond acceptors (Lipinski definition) is 5. The zero-order valence-electron chi connectivity index (χ0n) is 10.4. The number of rotatable bonds is 2. The molecule has 2 aliphatic heterocycles. The van der Waals surface area contributed by atoms with Crippen LogP contribution in [0.1, 0.15) is 25.7 Å². The van der Waals surface area contributed by atoms with Gasteiger partial charge in [0.15, 0.2) is 0 Å². The molecule has 2 fully saturated rings. The van der Waals surface area contributed by atoms with Crippen LogP contribution in [0.25, 0.3) is 0 Å². The summed E-state index contributed by atoms with van der Waals surface area (Å²) in [4.78, 5) is 7.33. The van der Waals surface area contributed by atoms with Gasteiger partial charge in [0.1, 0.15) is 0 Å². The van der Waals surface area contributed by atoms with E-state index in [0.29, 0.717) is 5.54 Å². The maximum atomic E-state index is 5.13. The molecule has 0 atom stereocenters. The van der Waals surface area contributed by atoms with Crippen LogP contribution in [0.3, 0.4) is 0 Å². The summed E-state index contributed by atoms with van der Waals surface area (Å²) in [6.45, 7) is 3.24. The van der Waals surface area contributed by atoms with Gasteiger partial charge in [-0.15, -0.1) is 5.10 Å². The van der Waals surface area contributed by atoms with Gasteiger partial charge in [-0.25, -0.2) is 5.90 Å². The fourth-order valence-electron chi connectivity index (χ4n) is 2.88. The van der Waals surface area contributed by atoms with Gasteiger partial charge in [0.05, 0.1) is 12.8 Å². The molecule has 0 amide bonds. The molecule has 0 aromatic carbocycles. The minimum absolute atomic E-state index is 0.342. The van der Waals surface area contributed by atoms with E-state index in [1.54, 1.807) is 17.1 Å². The summed E-state index contributed by atoms with van der Waals surface area (Å²) >= 11 is 0. The van der Waals surface area contributed by atoms with Crippen LogP contribution in [0.2, 0.25) is 0 Å². The third-order valence-corrected chi connectivity index (χ3v) is 3.70. The number of nitrogens with two attached hydrogens (primary N) is 1. The van der Waals surface area contributed by atoms with E-state index in [4.69, 9.17) is 10.7 Å². The quantitative estimate of drug-likeness (QED) is 0.753. The number of nitrogens with zero attached hydrogens (tertiary/aromatic N) is 4. The molecule has 6 heteroatoms. The van der Waals surface area contributed by atoms with Gasteiger partial charge in [-0.05, 0) is 38.8 Å². The first-order valence-electron chi connectivity index (χ1n) is 6.14. The van der Waals surface area contributed by atoms with Crippen molar-refractivity contribution in [3.05, 3.63) is 12.4 Å². The van der Waals surface area contributed by atoms with E-state index >= 15 is 0 Å². The number of aromatic nitrogens is 3. The third-order valence-electron chi connectivity index (χ3n) is 3.70. The Balaban J connectivity index is 0.000000153. The Morgan fingerprint density at radius 1 is 1.35 bits per heavy atom. The SMILES string of the molecule is Cn1ccnn1.NOCC12CCCN1CCC2. The van der Waals surface area contributed by atoms with E-state index in [1.165, 1.54) is 38.8 Å².